The Labute approximate surface area is 158 Å². The first-order chi connectivity index (χ1) is 13.1. The number of fused-ring (bicyclic) bond motifs is 1. The zero-order chi connectivity index (χ0) is 18.9. The van der Waals surface area contributed by atoms with Crippen molar-refractivity contribution < 1.29 is 8.42 Å². The topological polar surface area (TPSA) is 80.2 Å². The first-order valence-corrected chi connectivity index (χ1v) is 10.3. The molecule has 1 aliphatic rings. The average Bonchev–Trinajstić information content (AvgIpc) is 3.11. The van der Waals surface area contributed by atoms with Gasteiger partial charge in [0.25, 0.3) is 0 Å². The van der Waals surface area contributed by atoms with Gasteiger partial charge in [0.1, 0.15) is 6.07 Å². The molecule has 1 aliphatic heterocycles. The number of nitrogens with one attached hydrogen (secondary N) is 1. The summed E-state index contributed by atoms with van der Waals surface area (Å²) in [6.07, 6.45) is 2.02. The Kier molecular flexibility index (Phi) is 4.70. The highest BCUT2D eigenvalue weighted by Gasteiger charge is 2.30. The zero-order valence-corrected chi connectivity index (χ0v) is 15.6. The molecule has 1 saturated heterocycles. The molecule has 0 aliphatic carbocycles. The van der Waals surface area contributed by atoms with Gasteiger partial charge in [-0.05, 0) is 23.8 Å². The van der Waals surface area contributed by atoms with Crippen LogP contribution in [-0.4, -0.2) is 48.8 Å². The normalized spacial score (nSPS) is 16.4. The van der Waals surface area contributed by atoms with E-state index in [4.69, 9.17) is 0 Å². The molecule has 1 fully saturated rings. The molecule has 3 aromatic rings. The summed E-state index contributed by atoms with van der Waals surface area (Å²) >= 11 is 0. The molecule has 1 N–H and O–H groups in total. The number of aromatic amines is 1. The van der Waals surface area contributed by atoms with E-state index in [0.29, 0.717) is 26.2 Å². The number of aromatic nitrogens is 1. The van der Waals surface area contributed by atoms with Gasteiger partial charge < -0.3 is 4.98 Å². The first kappa shape index (κ1) is 17.7. The van der Waals surface area contributed by atoms with Crippen LogP contribution in [0.25, 0.3) is 10.9 Å². The van der Waals surface area contributed by atoms with Crippen molar-refractivity contribution in [3.8, 4) is 6.07 Å². The van der Waals surface area contributed by atoms with Crippen LogP contribution in [0.1, 0.15) is 11.1 Å². The van der Waals surface area contributed by atoms with Gasteiger partial charge in [-0.3, -0.25) is 4.90 Å². The third-order valence-electron chi connectivity index (χ3n) is 5.03. The maximum absolute atomic E-state index is 12.9. The second-order valence-electron chi connectivity index (χ2n) is 6.65. The van der Waals surface area contributed by atoms with Crippen LogP contribution in [0.5, 0.6) is 0 Å². The molecule has 4 rings (SSSR count). The van der Waals surface area contributed by atoms with E-state index >= 15 is 0 Å². The number of hydrogen-bond donors (Lipinski definition) is 1. The van der Waals surface area contributed by atoms with Gasteiger partial charge >= 0.3 is 0 Å². The lowest BCUT2D eigenvalue weighted by Crippen LogP contribution is -2.48. The second-order valence-corrected chi connectivity index (χ2v) is 8.55. The first-order valence-electron chi connectivity index (χ1n) is 8.86. The molecular weight excluding hydrogens is 360 g/mol. The fourth-order valence-corrected chi connectivity index (χ4v) is 5.12. The number of piperazine rings is 1. The van der Waals surface area contributed by atoms with Gasteiger partial charge in [-0.1, -0.05) is 30.3 Å². The Bertz CT molecular complexity index is 1110. The molecule has 138 valence electrons. The van der Waals surface area contributed by atoms with Crippen molar-refractivity contribution in [1.82, 2.24) is 14.2 Å². The summed E-state index contributed by atoms with van der Waals surface area (Å²) in [6.45, 7) is 2.95. The average molecular weight is 380 g/mol. The Morgan fingerprint density at radius 1 is 1.00 bits per heavy atom. The largest absolute Gasteiger partial charge is 0.361 e. The van der Waals surface area contributed by atoms with Gasteiger partial charge in [0.15, 0.2) is 0 Å². The van der Waals surface area contributed by atoms with Crippen molar-refractivity contribution in [3.63, 3.8) is 0 Å². The Hall–Kier alpha value is -2.66. The molecule has 0 unspecified atom stereocenters. The van der Waals surface area contributed by atoms with Crippen molar-refractivity contribution in [2.45, 2.75) is 11.4 Å². The molecule has 0 atom stereocenters. The molecule has 2 heterocycles. The van der Waals surface area contributed by atoms with Gasteiger partial charge in [-0.15, -0.1) is 0 Å². The SMILES string of the molecule is N#Cc1ccccc1S(=O)(=O)N1CCN(Cc2c[nH]c3ccccc23)CC1. The maximum Gasteiger partial charge on any atom is 0.244 e. The van der Waals surface area contributed by atoms with Crippen molar-refractivity contribution in [2.24, 2.45) is 0 Å². The number of nitrogens with zero attached hydrogens (tertiary/aromatic N) is 3. The van der Waals surface area contributed by atoms with Crippen molar-refractivity contribution in [3.05, 3.63) is 65.9 Å². The zero-order valence-electron chi connectivity index (χ0n) is 14.8. The minimum absolute atomic E-state index is 0.0950. The van der Waals surface area contributed by atoms with Crippen LogP contribution in [0.4, 0.5) is 0 Å². The summed E-state index contributed by atoms with van der Waals surface area (Å²) in [6, 6.07) is 16.5. The molecular formula is C20H20N4O2S. The number of para-hydroxylation sites is 1. The van der Waals surface area contributed by atoms with Crippen LogP contribution in [0, 0.1) is 11.3 Å². The number of nitriles is 1. The molecule has 0 spiro atoms. The Morgan fingerprint density at radius 2 is 1.70 bits per heavy atom. The number of benzene rings is 2. The molecule has 1 aromatic heterocycles. The van der Waals surface area contributed by atoms with Gasteiger partial charge in [0, 0.05) is 49.8 Å². The fraction of sp³-hybridized carbons (Fsp3) is 0.250. The number of rotatable bonds is 4. The quantitative estimate of drug-likeness (QED) is 0.754. The summed E-state index contributed by atoms with van der Waals surface area (Å²) in [5.41, 5.74) is 2.53. The van der Waals surface area contributed by atoms with E-state index in [0.717, 1.165) is 12.1 Å². The van der Waals surface area contributed by atoms with E-state index in [2.05, 4.69) is 22.0 Å². The number of hydrogen-bond acceptors (Lipinski definition) is 4. The maximum atomic E-state index is 12.9. The van der Waals surface area contributed by atoms with Gasteiger partial charge in [-0.25, -0.2) is 8.42 Å². The molecule has 0 radical (unpaired) electrons. The minimum atomic E-state index is -3.65. The third-order valence-corrected chi connectivity index (χ3v) is 6.98. The van der Waals surface area contributed by atoms with Gasteiger partial charge in [0.2, 0.25) is 10.0 Å². The van der Waals surface area contributed by atoms with Crippen LogP contribution in [0.2, 0.25) is 0 Å². The van der Waals surface area contributed by atoms with E-state index in [1.165, 1.54) is 21.3 Å². The summed E-state index contributed by atoms with van der Waals surface area (Å²) in [5.74, 6) is 0. The highest BCUT2D eigenvalue weighted by atomic mass is 32.2. The molecule has 0 saturated carbocycles. The van der Waals surface area contributed by atoms with Crippen LogP contribution < -0.4 is 0 Å². The lowest BCUT2D eigenvalue weighted by atomic mass is 10.1. The smallest absolute Gasteiger partial charge is 0.244 e. The highest BCUT2D eigenvalue weighted by Crippen LogP contribution is 2.23. The summed E-state index contributed by atoms with van der Waals surface area (Å²) in [5, 5.41) is 10.4. The van der Waals surface area contributed by atoms with Crippen LogP contribution in [0.3, 0.4) is 0 Å². The molecule has 7 heteroatoms. The van der Waals surface area contributed by atoms with Crippen molar-refractivity contribution >= 4 is 20.9 Å². The molecule has 0 amide bonds. The predicted molar refractivity (Wildman–Crippen MR) is 103 cm³/mol. The minimum Gasteiger partial charge on any atom is -0.361 e. The predicted octanol–water partition coefficient (Wildman–Crippen LogP) is 2.55. The second kappa shape index (κ2) is 7.16. The number of sulfonamides is 1. The van der Waals surface area contributed by atoms with Crippen molar-refractivity contribution in [1.29, 1.82) is 5.26 Å². The van der Waals surface area contributed by atoms with E-state index in [9.17, 15) is 13.7 Å². The van der Waals surface area contributed by atoms with Gasteiger partial charge in [-0.2, -0.15) is 9.57 Å². The summed E-state index contributed by atoms with van der Waals surface area (Å²) in [4.78, 5) is 5.64. The fourth-order valence-electron chi connectivity index (χ4n) is 3.55. The summed E-state index contributed by atoms with van der Waals surface area (Å²) < 4.78 is 27.3. The standard InChI is InChI=1S/C20H20N4O2S/c21-13-16-5-1-4-8-20(16)27(25,26)24-11-9-23(10-12-24)15-17-14-22-19-7-3-2-6-18(17)19/h1-8,14,22H,9-12,15H2. The van der Waals surface area contributed by atoms with Crippen LogP contribution >= 0.6 is 0 Å². The molecule has 0 bridgehead atoms. The number of H-pyrrole nitrogens is 1. The molecule has 27 heavy (non-hydrogen) atoms. The summed E-state index contributed by atoms with van der Waals surface area (Å²) in [7, 11) is -3.65. The monoisotopic (exact) mass is 380 g/mol. The van der Waals surface area contributed by atoms with Crippen molar-refractivity contribution in [2.75, 3.05) is 26.2 Å². The third kappa shape index (κ3) is 3.35. The molecule has 6 nitrogen and oxygen atoms in total. The van der Waals surface area contributed by atoms with Gasteiger partial charge in [0.05, 0.1) is 10.5 Å². The van der Waals surface area contributed by atoms with E-state index in [1.807, 2.05) is 24.4 Å². The van der Waals surface area contributed by atoms with Crippen LogP contribution in [0.15, 0.2) is 59.6 Å². The molecule has 2 aromatic carbocycles. The van der Waals surface area contributed by atoms with E-state index in [1.54, 1.807) is 18.2 Å². The van der Waals surface area contributed by atoms with Crippen LogP contribution in [-0.2, 0) is 16.6 Å². The Morgan fingerprint density at radius 3 is 2.48 bits per heavy atom. The lowest BCUT2D eigenvalue weighted by molar-refractivity contribution is 0.182. The Balaban J connectivity index is 1.46. The van der Waals surface area contributed by atoms with E-state index < -0.39 is 10.0 Å². The van der Waals surface area contributed by atoms with E-state index in [-0.39, 0.29) is 10.5 Å². The lowest BCUT2D eigenvalue weighted by Gasteiger charge is -2.34. The highest BCUT2D eigenvalue weighted by molar-refractivity contribution is 7.89.